The first-order valence-corrected chi connectivity index (χ1v) is 26.4. The third kappa shape index (κ3) is 49.7. The fraction of sp³-hybridized carbons (Fsp3) is 0.737. The van der Waals surface area contributed by atoms with Crippen LogP contribution < -0.4 is 0 Å². The van der Waals surface area contributed by atoms with E-state index < -0.39 is 6.10 Å². The molecule has 6 nitrogen and oxygen atoms in total. The minimum atomic E-state index is -0.790. The van der Waals surface area contributed by atoms with Gasteiger partial charge in [0.1, 0.15) is 13.2 Å². The van der Waals surface area contributed by atoms with Crippen molar-refractivity contribution in [2.24, 2.45) is 0 Å². The standard InChI is InChI=1S/C57H98O6/c1-4-7-10-13-16-19-22-25-28-31-34-37-40-43-46-49-55(58)61-52-54(63-57(60)51-48-45-42-39-36-33-30-27-24-21-18-15-12-9-6-3)53-62-56(59)50-47-44-41-38-35-32-29-26-23-20-17-14-11-8-5-2/h7,9-10,12,16,18-19,21,25,27-28,30,54H,4-6,8,11,13-15,17,20,22-24,26,29,31-53H2,1-3H3/b10-7-,12-9-,19-16-,21-18-,28-25-,30-27-/t54-/m1/s1. The normalized spacial score (nSPS) is 12.6. The van der Waals surface area contributed by atoms with Crippen LogP contribution in [0.4, 0.5) is 0 Å². The van der Waals surface area contributed by atoms with E-state index in [4.69, 9.17) is 14.2 Å². The SMILES string of the molecule is CC/C=C\C/C=C\C/C=C\CCCCCCCC(=O)OC[C@H](COC(=O)CCCCCCCCCCCCCCCCC)OC(=O)CCCCCCC/C=C\C/C=C\C/C=C\CC. The maximum atomic E-state index is 12.8. The summed E-state index contributed by atoms with van der Waals surface area (Å²) >= 11 is 0. The van der Waals surface area contributed by atoms with Gasteiger partial charge in [-0.05, 0) is 83.5 Å². The molecule has 63 heavy (non-hydrogen) atoms. The number of esters is 3. The van der Waals surface area contributed by atoms with Gasteiger partial charge in [0.2, 0.25) is 0 Å². The Hall–Kier alpha value is -3.15. The highest BCUT2D eigenvalue weighted by atomic mass is 16.6. The Morgan fingerprint density at radius 2 is 0.619 bits per heavy atom. The molecule has 0 spiro atoms. The van der Waals surface area contributed by atoms with Crippen molar-refractivity contribution in [3.63, 3.8) is 0 Å². The van der Waals surface area contributed by atoms with Crippen molar-refractivity contribution in [2.45, 2.75) is 258 Å². The largest absolute Gasteiger partial charge is 0.462 e. The summed E-state index contributed by atoms with van der Waals surface area (Å²) < 4.78 is 16.8. The molecular formula is C57H98O6. The predicted molar refractivity (Wildman–Crippen MR) is 270 cm³/mol. The second-order valence-corrected chi connectivity index (χ2v) is 17.4. The molecule has 0 saturated heterocycles. The Morgan fingerprint density at radius 1 is 0.333 bits per heavy atom. The van der Waals surface area contributed by atoms with E-state index in [1.807, 2.05) is 0 Å². The zero-order chi connectivity index (χ0) is 45.8. The summed E-state index contributed by atoms with van der Waals surface area (Å²) in [5, 5.41) is 0. The van der Waals surface area contributed by atoms with Crippen molar-refractivity contribution in [1.29, 1.82) is 0 Å². The summed E-state index contributed by atoms with van der Waals surface area (Å²) in [7, 11) is 0. The first-order chi connectivity index (χ1) is 31.0. The molecule has 0 fully saturated rings. The summed E-state index contributed by atoms with van der Waals surface area (Å²) in [6.07, 6.45) is 64.5. The molecule has 0 N–H and O–H groups in total. The minimum absolute atomic E-state index is 0.0865. The van der Waals surface area contributed by atoms with Crippen molar-refractivity contribution in [2.75, 3.05) is 13.2 Å². The van der Waals surface area contributed by atoms with E-state index in [1.165, 1.54) is 77.0 Å². The lowest BCUT2D eigenvalue weighted by molar-refractivity contribution is -0.167. The van der Waals surface area contributed by atoms with Crippen LogP contribution in [0.2, 0.25) is 0 Å². The third-order valence-electron chi connectivity index (χ3n) is 11.2. The number of carbonyl (C=O) groups excluding carboxylic acids is 3. The molecule has 0 rings (SSSR count). The van der Waals surface area contributed by atoms with Crippen molar-refractivity contribution in [3.05, 3.63) is 72.9 Å². The zero-order valence-electron chi connectivity index (χ0n) is 41.3. The Kier molecular flexibility index (Phi) is 48.9. The molecule has 0 aliphatic heterocycles. The number of hydrogen-bond acceptors (Lipinski definition) is 6. The number of rotatable bonds is 47. The zero-order valence-corrected chi connectivity index (χ0v) is 41.3. The van der Waals surface area contributed by atoms with Crippen LogP contribution in [-0.4, -0.2) is 37.2 Å². The van der Waals surface area contributed by atoms with Crippen molar-refractivity contribution in [1.82, 2.24) is 0 Å². The number of carbonyl (C=O) groups is 3. The van der Waals surface area contributed by atoms with Crippen LogP contribution >= 0.6 is 0 Å². The lowest BCUT2D eigenvalue weighted by Gasteiger charge is -2.18. The van der Waals surface area contributed by atoms with Crippen LogP contribution in [-0.2, 0) is 28.6 Å². The topological polar surface area (TPSA) is 78.9 Å². The highest BCUT2D eigenvalue weighted by Gasteiger charge is 2.19. The number of allylic oxidation sites excluding steroid dienone is 12. The van der Waals surface area contributed by atoms with E-state index in [2.05, 4.69) is 93.7 Å². The maximum Gasteiger partial charge on any atom is 0.306 e. The van der Waals surface area contributed by atoms with Crippen LogP contribution in [0.1, 0.15) is 252 Å². The Morgan fingerprint density at radius 3 is 0.968 bits per heavy atom. The van der Waals surface area contributed by atoms with Gasteiger partial charge in [-0.2, -0.15) is 0 Å². The molecule has 0 saturated carbocycles. The van der Waals surface area contributed by atoms with Gasteiger partial charge in [-0.15, -0.1) is 0 Å². The fourth-order valence-corrected chi connectivity index (χ4v) is 7.29. The molecule has 0 amide bonds. The third-order valence-corrected chi connectivity index (χ3v) is 11.2. The molecule has 1 atom stereocenters. The molecule has 0 radical (unpaired) electrons. The smallest absolute Gasteiger partial charge is 0.306 e. The van der Waals surface area contributed by atoms with Crippen LogP contribution in [0.3, 0.4) is 0 Å². The van der Waals surface area contributed by atoms with Crippen molar-refractivity contribution >= 4 is 17.9 Å². The molecule has 0 aliphatic carbocycles. The quantitative estimate of drug-likeness (QED) is 0.0262. The Balaban J connectivity index is 4.42. The van der Waals surface area contributed by atoms with Crippen LogP contribution in [0.25, 0.3) is 0 Å². The van der Waals surface area contributed by atoms with Crippen LogP contribution in [0.5, 0.6) is 0 Å². The van der Waals surface area contributed by atoms with E-state index >= 15 is 0 Å². The van der Waals surface area contributed by atoms with Gasteiger partial charge >= 0.3 is 17.9 Å². The highest BCUT2D eigenvalue weighted by Crippen LogP contribution is 2.15. The van der Waals surface area contributed by atoms with E-state index in [-0.39, 0.29) is 31.1 Å². The lowest BCUT2D eigenvalue weighted by Crippen LogP contribution is -2.30. The molecule has 0 unspecified atom stereocenters. The molecule has 0 bridgehead atoms. The highest BCUT2D eigenvalue weighted by molar-refractivity contribution is 5.71. The summed E-state index contributed by atoms with van der Waals surface area (Å²) in [5.41, 5.74) is 0. The monoisotopic (exact) mass is 879 g/mol. The molecule has 0 aromatic carbocycles. The average Bonchev–Trinajstić information content (AvgIpc) is 3.28. The van der Waals surface area contributed by atoms with Gasteiger partial charge in [-0.1, -0.05) is 222 Å². The summed E-state index contributed by atoms with van der Waals surface area (Å²) in [6, 6.07) is 0. The lowest BCUT2D eigenvalue weighted by atomic mass is 10.0. The molecule has 0 heterocycles. The molecule has 6 heteroatoms. The van der Waals surface area contributed by atoms with Gasteiger partial charge in [-0.25, -0.2) is 0 Å². The maximum absolute atomic E-state index is 12.8. The second kappa shape index (κ2) is 51.5. The van der Waals surface area contributed by atoms with Crippen LogP contribution in [0.15, 0.2) is 72.9 Å². The fourth-order valence-electron chi connectivity index (χ4n) is 7.29. The number of ether oxygens (including phenoxy) is 3. The van der Waals surface area contributed by atoms with E-state index in [9.17, 15) is 14.4 Å². The Bertz CT molecular complexity index is 1190. The van der Waals surface area contributed by atoms with Gasteiger partial charge in [0, 0.05) is 19.3 Å². The van der Waals surface area contributed by atoms with E-state index in [1.54, 1.807) is 0 Å². The van der Waals surface area contributed by atoms with Gasteiger partial charge < -0.3 is 14.2 Å². The average molecular weight is 879 g/mol. The van der Waals surface area contributed by atoms with E-state index in [0.29, 0.717) is 19.3 Å². The van der Waals surface area contributed by atoms with Crippen molar-refractivity contribution in [3.8, 4) is 0 Å². The number of unbranched alkanes of at least 4 members (excludes halogenated alkanes) is 24. The minimum Gasteiger partial charge on any atom is -0.462 e. The first kappa shape index (κ1) is 59.9. The van der Waals surface area contributed by atoms with Gasteiger partial charge in [-0.3, -0.25) is 14.4 Å². The Labute approximate surface area is 389 Å². The second-order valence-electron chi connectivity index (χ2n) is 17.4. The molecule has 0 aromatic rings. The van der Waals surface area contributed by atoms with Gasteiger partial charge in [0.25, 0.3) is 0 Å². The molecule has 0 aromatic heterocycles. The van der Waals surface area contributed by atoms with Crippen LogP contribution in [0, 0.1) is 0 Å². The number of hydrogen-bond donors (Lipinski definition) is 0. The first-order valence-electron chi connectivity index (χ1n) is 26.4. The van der Waals surface area contributed by atoms with Crippen molar-refractivity contribution < 1.29 is 28.6 Å². The van der Waals surface area contributed by atoms with E-state index in [0.717, 1.165) is 135 Å². The predicted octanol–water partition coefficient (Wildman–Crippen LogP) is 17.4. The van der Waals surface area contributed by atoms with Gasteiger partial charge in [0.15, 0.2) is 6.10 Å². The van der Waals surface area contributed by atoms with Gasteiger partial charge in [0.05, 0.1) is 0 Å². The molecule has 0 aliphatic rings. The summed E-state index contributed by atoms with van der Waals surface area (Å²) in [4.78, 5) is 38.0. The summed E-state index contributed by atoms with van der Waals surface area (Å²) in [5.74, 6) is -0.916. The molecule has 362 valence electrons. The summed E-state index contributed by atoms with van der Waals surface area (Å²) in [6.45, 7) is 6.40. The molecular weight excluding hydrogens is 781 g/mol.